The maximum Gasteiger partial charge on any atom is 0.181 e. The number of H-pyrrole nitrogens is 1. The SMILES string of the molecule is NNc1cn2ccnc2c(Sc2ncnc3nc[nH]c23)n1. The number of aromatic nitrogens is 7. The minimum absolute atomic E-state index is 0.540. The molecule has 4 N–H and O–H groups in total. The largest absolute Gasteiger partial charge is 0.341 e. The molecule has 0 fully saturated rings. The first-order valence-corrected chi connectivity index (χ1v) is 6.79. The van der Waals surface area contributed by atoms with Gasteiger partial charge in [0.15, 0.2) is 17.1 Å². The van der Waals surface area contributed by atoms with Crippen LogP contribution in [-0.2, 0) is 0 Å². The molecule has 4 aromatic heterocycles. The van der Waals surface area contributed by atoms with Crippen LogP contribution in [0, 0.1) is 0 Å². The van der Waals surface area contributed by atoms with Gasteiger partial charge in [0.05, 0.1) is 12.5 Å². The maximum atomic E-state index is 5.45. The van der Waals surface area contributed by atoms with Crippen LogP contribution in [0.5, 0.6) is 0 Å². The van der Waals surface area contributed by atoms with E-state index in [1.54, 1.807) is 18.7 Å². The van der Waals surface area contributed by atoms with E-state index in [2.05, 4.69) is 35.3 Å². The predicted octanol–water partition coefficient (Wildman–Crippen LogP) is 0.832. The predicted molar refractivity (Wildman–Crippen MR) is 76.6 cm³/mol. The second-order valence-corrected chi connectivity index (χ2v) is 5.09. The lowest BCUT2D eigenvalue weighted by Crippen LogP contribution is -2.10. The molecule has 0 spiro atoms. The van der Waals surface area contributed by atoms with E-state index in [0.717, 1.165) is 16.2 Å². The summed E-state index contributed by atoms with van der Waals surface area (Å²) in [5, 5.41) is 1.41. The number of nitrogens with two attached hydrogens (primary N) is 1. The van der Waals surface area contributed by atoms with Crippen LogP contribution < -0.4 is 11.3 Å². The zero-order valence-electron chi connectivity index (χ0n) is 10.6. The van der Waals surface area contributed by atoms with E-state index in [1.807, 2.05) is 10.6 Å². The van der Waals surface area contributed by atoms with Crippen LogP contribution >= 0.6 is 11.8 Å². The molecule has 0 unspecified atom stereocenters. The Bertz CT molecular complexity index is 928. The fourth-order valence-corrected chi connectivity index (χ4v) is 2.88. The van der Waals surface area contributed by atoms with Crippen LogP contribution in [0.3, 0.4) is 0 Å². The Balaban J connectivity index is 1.87. The number of rotatable bonds is 3. The molecular weight excluding hydrogens is 290 g/mol. The fraction of sp³-hybridized carbons (Fsp3) is 0. The molecule has 0 aromatic carbocycles. The van der Waals surface area contributed by atoms with Gasteiger partial charge in [0.1, 0.15) is 21.9 Å². The number of nitrogens with zero attached hydrogens (tertiary/aromatic N) is 6. The van der Waals surface area contributed by atoms with E-state index in [1.165, 1.54) is 18.1 Å². The van der Waals surface area contributed by atoms with Crippen LogP contribution in [0.2, 0.25) is 0 Å². The van der Waals surface area contributed by atoms with Crippen LogP contribution in [0.1, 0.15) is 0 Å². The molecule has 0 bridgehead atoms. The highest BCUT2D eigenvalue weighted by Gasteiger charge is 2.13. The average molecular weight is 299 g/mol. The van der Waals surface area contributed by atoms with Gasteiger partial charge < -0.3 is 14.8 Å². The lowest BCUT2D eigenvalue weighted by atomic mass is 10.6. The Morgan fingerprint density at radius 2 is 2.14 bits per heavy atom. The Morgan fingerprint density at radius 3 is 3.05 bits per heavy atom. The van der Waals surface area contributed by atoms with Crippen LogP contribution in [0.4, 0.5) is 5.82 Å². The van der Waals surface area contributed by atoms with Gasteiger partial charge in [-0.2, -0.15) is 0 Å². The molecule has 0 aliphatic carbocycles. The maximum absolute atomic E-state index is 5.45. The van der Waals surface area contributed by atoms with Gasteiger partial charge in [0.25, 0.3) is 0 Å². The summed E-state index contributed by atoms with van der Waals surface area (Å²) in [7, 11) is 0. The van der Waals surface area contributed by atoms with Crippen molar-refractivity contribution in [1.82, 2.24) is 34.3 Å². The molecule has 9 nitrogen and oxygen atoms in total. The van der Waals surface area contributed by atoms with Gasteiger partial charge in [0.2, 0.25) is 0 Å². The highest BCUT2D eigenvalue weighted by atomic mass is 32.2. The van der Waals surface area contributed by atoms with Gasteiger partial charge in [-0.3, -0.25) is 0 Å². The summed E-state index contributed by atoms with van der Waals surface area (Å²) in [6, 6.07) is 0. The number of hydrogen-bond acceptors (Lipinski definition) is 8. The van der Waals surface area contributed by atoms with E-state index >= 15 is 0 Å². The van der Waals surface area contributed by atoms with Crippen molar-refractivity contribution >= 4 is 34.4 Å². The summed E-state index contributed by atoms with van der Waals surface area (Å²) in [6.07, 6.45) is 8.35. The van der Waals surface area contributed by atoms with Crippen molar-refractivity contribution in [2.75, 3.05) is 5.43 Å². The first-order chi connectivity index (χ1) is 10.3. The summed E-state index contributed by atoms with van der Waals surface area (Å²) in [5.74, 6) is 5.99. The zero-order chi connectivity index (χ0) is 14.2. The first kappa shape index (κ1) is 12.1. The first-order valence-electron chi connectivity index (χ1n) is 5.97. The molecule has 104 valence electrons. The smallest absolute Gasteiger partial charge is 0.181 e. The highest BCUT2D eigenvalue weighted by Crippen LogP contribution is 2.31. The number of nitrogen functional groups attached to an aromatic ring is 1. The number of hydrazine groups is 1. The quantitative estimate of drug-likeness (QED) is 0.289. The van der Waals surface area contributed by atoms with Crippen LogP contribution in [0.25, 0.3) is 16.8 Å². The number of fused-ring (bicyclic) bond motifs is 2. The lowest BCUT2D eigenvalue weighted by Gasteiger charge is -2.06. The Hall–Kier alpha value is -2.72. The van der Waals surface area contributed by atoms with Crippen molar-refractivity contribution < 1.29 is 0 Å². The third-order valence-electron chi connectivity index (χ3n) is 2.87. The zero-order valence-corrected chi connectivity index (χ0v) is 11.4. The van der Waals surface area contributed by atoms with Crippen molar-refractivity contribution in [3.05, 3.63) is 31.2 Å². The molecule has 0 radical (unpaired) electrons. The Morgan fingerprint density at radius 1 is 1.19 bits per heavy atom. The fourth-order valence-electron chi connectivity index (χ4n) is 1.95. The van der Waals surface area contributed by atoms with E-state index < -0.39 is 0 Å². The van der Waals surface area contributed by atoms with Gasteiger partial charge in [-0.25, -0.2) is 30.8 Å². The summed E-state index contributed by atoms with van der Waals surface area (Å²) < 4.78 is 1.84. The van der Waals surface area contributed by atoms with Crippen molar-refractivity contribution in [1.29, 1.82) is 0 Å². The molecule has 10 heteroatoms. The molecular formula is C11H9N9S. The van der Waals surface area contributed by atoms with Crippen molar-refractivity contribution in [3.8, 4) is 0 Å². The minimum atomic E-state index is 0.540. The normalized spacial score (nSPS) is 11.3. The molecule has 0 aliphatic heterocycles. The van der Waals surface area contributed by atoms with Crippen LogP contribution in [-0.4, -0.2) is 34.3 Å². The van der Waals surface area contributed by atoms with Gasteiger partial charge in [0, 0.05) is 12.4 Å². The van der Waals surface area contributed by atoms with Gasteiger partial charge in [-0.15, -0.1) is 0 Å². The molecule has 0 saturated carbocycles. The highest BCUT2D eigenvalue weighted by molar-refractivity contribution is 7.99. The number of aromatic amines is 1. The standard InChI is InChI=1S/C11H9N9S/c12-19-6-3-20-2-1-13-9(20)11(18-6)21-10-7-8(15-4-14-7)16-5-17-10/h1-5,19H,12H2,(H,14,15,16,17). The monoisotopic (exact) mass is 299 g/mol. The molecule has 4 aromatic rings. The number of anilines is 1. The summed E-state index contributed by atoms with van der Waals surface area (Å²) in [5.41, 5.74) is 4.64. The molecule has 4 heterocycles. The van der Waals surface area contributed by atoms with Gasteiger partial charge in [-0.1, -0.05) is 0 Å². The molecule has 0 aliphatic rings. The summed E-state index contributed by atoms with van der Waals surface area (Å²) in [6.45, 7) is 0. The van der Waals surface area contributed by atoms with E-state index in [-0.39, 0.29) is 0 Å². The van der Waals surface area contributed by atoms with Crippen molar-refractivity contribution in [2.24, 2.45) is 5.84 Å². The van der Waals surface area contributed by atoms with E-state index in [9.17, 15) is 0 Å². The lowest BCUT2D eigenvalue weighted by molar-refractivity contribution is 1.01. The number of imidazole rings is 2. The molecule has 0 amide bonds. The van der Waals surface area contributed by atoms with E-state index in [0.29, 0.717) is 16.5 Å². The second-order valence-electron chi connectivity index (χ2n) is 4.12. The third-order valence-corrected chi connectivity index (χ3v) is 3.84. The summed E-state index contributed by atoms with van der Waals surface area (Å²) in [4.78, 5) is 24.2. The Kier molecular flexibility index (Phi) is 2.69. The second kappa shape index (κ2) is 4.68. The van der Waals surface area contributed by atoms with Crippen LogP contribution in [0.15, 0.2) is 41.3 Å². The third kappa shape index (κ3) is 1.97. The van der Waals surface area contributed by atoms with Crippen molar-refractivity contribution in [3.63, 3.8) is 0 Å². The van der Waals surface area contributed by atoms with Gasteiger partial charge in [-0.05, 0) is 11.8 Å². The van der Waals surface area contributed by atoms with Crippen molar-refractivity contribution in [2.45, 2.75) is 10.1 Å². The number of nitrogens with one attached hydrogen (secondary N) is 2. The molecule has 21 heavy (non-hydrogen) atoms. The number of hydrogen-bond donors (Lipinski definition) is 3. The molecule has 0 atom stereocenters. The van der Waals surface area contributed by atoms with E-state index in [4.69, 9.17) is 5.84 Å². The minimum Gasteiger partial charge on any atom is -0.341 e. The molecule has 0 saturated heterocycles. The topological polar surface area (TPSA) is 123 Å². The average Bonchev–Trinajstić information content (AvgIpc) is 3.16. The molecule has 4 rings (SSSR count). The summed E-state index contributed by atoms with van der Waals surface area (Å²) >= 11 is 1.37. The Labute approximate surface area is 122 Å². The van der Waals surface area contributed by atoms with Gasteiger partial charge >= 0.3 is 0 Å².